The molecule has 1 aromatic carbocycles. The minimum atomic E-state index is -0.521. The fraction of sp³-hybridized carbons (Fsp3) is 0.357. The maximum absolute atomic E-state index is 13.1. The van der Waals surface area contributed by atoms with E-state index in [4.69, 9.17) is 4.74 Å². The van der Waals surface area contributed by atoms with Gasteiger partial charge in [-0.15, -0.1) is 5.10 Å². The largest absolute Gasteiger partial charge is 0.461 e. The second kappa shape index (κ2) is 7.21. The molecule has 2 rings (SSSR count). The van der Waals surface area contributed by atoms with Crippen LogP contribution in [0.2, 0.25) is 0 Å². The van der Waals surface area contributed by atoms with E-state index in [1.165, 1.54) is 12.1 Å². The van der Waals surface area contributed by atoms with E-state index in [-0.39, 0.29) is 18.1 Å². The highest BCUT2D eigenvalue weighted by Crippen LogP contribution is 2.23. The van der Waals surface area contributed by atoms with Crippen LogP contribution >= 0.6 is 11.8 Å². The van der Waals surface area contributed by atoms with Crippen LogP contribution in [0.3, 0.4) is 0 Å². The number of hydrogen-bond donors (Lipinski definition) is 0. The van der Waals surface area contributed by atoms with Gasteiger partial charge in [0.1, 0.15) is 11.5 Å². The van der Waals surface area contributed by atoms with Crippen LogP contribution in [-0.2, 0) is 11.3 Å². The zero-order valence-electron chi connectivity index (χ0n) is 11.9. The van der Waals surface area contributed by atoms with Crippen LogP contribution in [0.4, 0.5) is 4.39 Å². The monoisotopic (exact) mass is 309 g/mol. The molecule has 21 heavy (non-hydrogen) atoms. The van der Waals surface area contributed by atoms with E-state index < -0.39 is 5.97 Å². The van der Waals surface area contributed by atoms with Crippen LogP contribution in [0, 0.1) is 5.82 Å². The lowest BCUT2D eigenvalue weighted by molar-refractivity contribution is 0.0520. The molecule has 0 amide bonds. The normalized spacial score (nSPS) is 10.6. The van der Waals surface area contributed by atoms with Crippen molar-refractivity contribution in [3.05, 3.63) is 35.8 Å². The first-order valence-corrected chi connectivity index (χ1v) is 7.92. The first-order chi connectivity index (χ1) is 10.2. The van der Waals surface area contributed by atoms with Gasteiger partial charge in [-0.3, -0.25) is 0 Å². The number of carbonyl (C=O) groups is 1. The Morgan fingerprint density at radius 3 is 2.71 bits per heavy atom. The maximum Gasteiger partial charge on any atom is 0.361 e. The molecule has 0 bridgehead atoms. The minimum absolute atomic E-state index is 0.157. The average Bonchev–Trinajstić information content (AvgIpc) is 2.90. The SMILES string of the molecule is CCOC(=O)c1nnn(CCSC)c1-c1ccc(F)cc1. The highest BCUT2D eigenvalue weighted by Gasteiger charge is 2.22. The van der Waals surface area contributed by atoms with Gasteiger partial charge in [0.05, 0.1) is 13.2 Å². The third kappa shape index (κ3) is 3.60. The van der Waals surface area contributed by atoms with Gasteiger partial charge in [-0.2, -0.15) is 11.8 Å². The predicted molar refractivity (Wildman–Crippen MR) is 79.8 cm³/mol. The molecule has 0 N–H and O–H groups in total. The van der Waals surface area contributed by atoms with Gasteiger partial charge in [-0.05, 0) is 37.4 Å². The molecule has 0 radical (unpaired) electrons. The summed E-state index contributed by atoms with van der Waals surface area (Å²) in [4.78, 5) is 12.0. The van der Waals surface area contributed by atoms with Crippen molar-refractivity contribution in [2.24, 2.45) is 0 Å². The lowest BCUT2D eigenvalue weighted by atomic mass is 10.1. The van der Waals surface area contributed by atoms with Crippen molar-refractivity contribution in [3.8, 4) is 11.3 Å². The number of carbonyl (C=O) groups excluding carboxylic acids is 1. The summed E-state index contributed by atoms with van der Waals surface area (Å²) in [6.07, 6.45) is 1.99. The molecular formula is C14H16FN3O2S. The summed E-state index contributed by atoms with van der Waals surface area (Å²) >= 11 is 1.67. The third-order valence-electron chi connectivity index (χ3n) is 2.83. The Morgan fingerprint density at radius 1 is 1.38 bits per heavy atom. The van der Waals surface area contributed by atoms with E-state index in [0.29, 0.717) is 17.8 Å². The standard InChI is InChI=1S/C14H16FN3O2S/c1-3-20-14(19)12-13(10-4-6-11(15)7-5-10)18(17-16-12)8-9-21-2/h4-7H,3,8-9H2,1-2H3. The average molecular weight is 309 g/mol. The molecule has 0 aliphatic carbocycles. The first kappa shape index (κ1) is 15.5. The molecule has 0 atom stereocenters. The number of esters is 1. The van der Waals surface area contributed by atoms with Gasteiger partial charge < -0.3 is 4.74 Å². The van der Waals surface area contributed by atoms with E-state index in [2.05, 4.69) is 10.3 Å². The molecule has 0 saturated heterocycles. The Balaban J connectivity index is 2.44. The van der Waals surface area contributed by atoms with Crippen molar-refractivity contribution in [1.29, 1.82) is 0 Å². The molecule has 0 aliphatic heterocycles. The van der Waals surface area contributed by atoms with Crippen LogP contribution in [-0.4, -0.2) is 39.6 Å². The van der Waals surface area contributed by atoms with Crippen molar-refractivity contribution in [2.45, 2.75) is 13.5 Å². The van der Waals surface area contributed by atoms with Gasteiger partial charge in [-0.1, -0.05) is 5.21 Å². The number of ether oxygens (including phenoxy) is 1. The minimum Gasteiger partial charge on any atom is -0.461 e. The molecule has 0 fully saturated rings. The van der Waals surface area contributed by atoms with Gasteiger partial charge >= 0.3 is 5.97 Å². The van der Waals surface area contributed by atoms with Crippen LogP contribution in [0.1, 0.15) is 17.4 Å². The first-order valence-electron chi connectivity index (χ1n) is 6.52. The quantitative estimate of drug-likeness (QED) is 0.768. The van der Waals surface area contributed by atoms with Crippen molar-refractivity contribution >= 4 is 17.7 Å². The summed E-state index contributed by atoms with van der Waals surface area (Å²) in [7, 11) is 0. The predicted octanol–water partition coefficient (Wildman–Crippen LogP) is 2.62. The number of thioether (sulfide) groups is 1. The number of aromatic nitrogens is 3. The number of nitrogens with zero attached hydrogens (tertiary/aromatic N) is 3. The zero-order chi connectivity index (χ0) is 15.2. The Kier molecular flexibility index (Phi) is 5.32. The molecule has 1 aromatic heterocycles. The smallest absolute Gasteiger partial charge is 0.361 e. The van der Waals surface area contributed by atoms with Gasteiger partial charge in [0.25, 0.3) is 0 Å². The van der Waals surface area contributed by atoms with Crippen molar-refractivity contribution in [3.63, 3.8) is 0 Å². The molecule has 0 saturated carbocycles. The number of hydrogen-bond acceptors (Lipinski definition) is 5. The fourth-order valence-electron chi connectivity index (χ4n) is 1.88. The van der Waals surface area contributed by atoms with E-state index in [1.54, 1.807) is 35.5 Å². The number of benzene rings is 1. The summed E-state index contributed by atoms with van der Waals surface area (Å²) in [6, 6.07) is 5.89. The van der Waals surface area contributed by atoms with Crippen molar-refractivity contribution in [1.82, 2.24) is 15.0 Å². The van der Waals surface area contributed by atoms with Gasteiger partial charge in [-0.25, -0.2) is 13.9 Å². The Morgan fingerprint density at radius 2 is 2.10 bits per heavy atom. The van der Waals surface area contributed by atoms with Crippen LogP contribution in [0.5, 0.6) is 0 Å². The molecule has 1 heterocycles. The lowest BCUT2D eigenvalue weighted by Gasteiger charge is -2.07. The zero-order valence-corrected chi connectivity index (χ0v) is 12.7. The van der Waals surface area contributed by atoms with Crippen LogP contribution in [0.15, 0.2) is 24.3 Å². The van der Waals surface area contributed by atoms with E-state index in [9.17, 15) is 9.18 Å². The highest BCUT2D eigenvalue weighted by atomic mass is 32.2. The lowest BCUT2D eigenvalue weighted by Crippen LogP contribution is -2.09. The number of halogens is 1. The number of aryl methyl sites for hydroxylation is 1. The summed E-state index contributed by atoms with van der Waals surface area (Å²) in [5, 5.41) is 7.94. The van der Waals surface area contributed by atoms with Crippen molar-refractivity contribution in [2.75, 3.05) is 18.6 Å². The van der Waals surface area contributed by atoms with Crippen LogP contribution in [0.25, 0.3) is 11.3 Å². The van der Waals surface area contributed by atoms with E-state index >= 15 is 0 Å². The third-order valence-corrected chi connectivity index (χ3v) is 3.42. The fourth-order valence-corrected chi connectivity index (χ4v) is 2.23. The number of rotatable bonds is 6. The Hall–Kier alpha value is -1.89. The van der Waals surface area contributed by atoms with Gasteiger partial charge in [0, 0.05) is 11.3 Å². The topological polar surface area (TPSA) is 57.0 Å². The second-order valence-electron chi connectivity index (χ2n) is 4.23. The molecule has 2 aromatic rings. The summed E-state index contributed by atoms with van der Waals surface area (Å²) in [5.41, 5.74) is 1.40. The molecular weight excluding hydrogens is 293 g/mol. The Bertz CT molecular complexity index is 613. The molecule has 0 unspecified atom stereocenters. The van der Waals surface area contributed by atoms with Gasteiger partial charge in [0.15, 0.2) is 5.69 Å². The maximum atomic E-state index is 13.1. The summed E-state index contributed by atoms with van der Waals surface area (Å²) in [6.45, 7) is 2.60. The second-order valence-corrected chi connectivity index (χ2v) is 5.22. The van der Waals surface area contributed by atoms with Crippen LogP contribution < -0.4 is 0 Å². The van der Waals surface area contributed by atoms with E-state index in [1.807, 2.05) is 6.26 Å². The molecule has 0 aliphatic rings. The molecule has 5 nitrogen and oxygen atoms in total. The molecule has 112 valence electrons. The summed E-state index contributed by atoms with van der Waals surface area (Å²) < 4.78 is 19.7. The van der Waals surface area contributed by atoms with E-state index in [0.717, 1.165) is 5.75 Å². The highest BCUT2D eigenvalue weighted by molar-refractivity contribution is 7.98. The Labute approximate surface area is 126 Å². The van der Waals surface area contributed by atoms with Gasteiger partial charge in [0.2, 0.25) is 0 Å². The summed E-state index contributed by atoms with van der Waals surface area (Å²) in [5.74, 6) is -0.0217. The molecule has 7 heteroatoms. The molecule has 0 spiro atoms. The van der Waals surface area contributed by atoms with Crippen molar-refractivity contribution < 1.29 is 13.9 Å².